The number of piperidine rings is 2. The molecule has 0 aromatic heterocycles. The van der Waals surface area contributed by atoms with Gasteiger partial charge in [-0.3, -0.25) is 19.7 Å². The van der Waals surface area contributed by atoms with Gasteiger partial charge in [-0.25, -0.2) is 0 Å². The van der Waals surface area contributed by atoms with Gasteiger partial charge in [-0.15, -0.1) is 6.58 Å². The molecule has 29 heavy (non-hydrogen) atoms. The summed E-state index contributed by atoms with van der Waals surface area (Å²) in [5.41, 5.74) is 2.61. The van der Waals surface area contributed by atoms with Crippen LogP contribution in [0.15, 0.2) is 30.9 Å². The maximum Gasteiger partial charge on any atom is 0.255 e. The van der Waals surface area contributed by atoms with E-state index in [1.165, 1.54) is 0 Å². The average Bonchev–Trinajstić information content (AvgIpc) is 3.04. The SMILES string of the molecule is C=CCC1(NCc2cccc3c2C(=O)N(C2CCC(=O)NC2=O)C3)CCNCC1. The first-order valence-corrected chi connectivity index (χ1v) is 10.3. The fourth-order valence-corrected chi connectivity index (χ4v) is 4.75. The molecule has 3 N–H and O–H groups in total. The van der Waals surface area contributed by atoms with E-state index in [4.69, 9.17) is 0 Å². The fraction of sp³-hybridized carbons (Fsp3) is 0.500. The van der Waals surface area contributed by atoms with E-state index in [9.17, 15) is 14.4 Å². The van der Waals surface area contributed by atoms with Crippen LogP contribution in [0.25, 0.3) is 0 Å². The third kappa shape index (κ3) is 3.84. The van der Waals surface area contributed by atoms with E-state index in [2.05, 4.69) is 22.5 Å². The zero-order valence-corrected chi connectivity index (χ0v) is 16.6. The van der Waals surface area contributed by atoms with Crippen molar-refractivity contribution >= 4 is 17.7 Å². The zero-order valence-electron chi connectivity index (χ0n) is 16.6. The van der Waals surface area contributed by atoms with Gasteiger partial charge in [-0.05, 0) is 49.9 Å². The molecule has 7 heteroatoms. The summed E-state index contributed by atoms with van der Waals surface area (Å²) in [4.78, 5) is 38.5. The van der Waals surface area contributed by atoms with Crippen LogP contribution in [0.3, 0.4) is 0 Å². The number of hydrogen-bond donors (Lipinski definition) is 3. The van der Waals surface area contributed by atoms with Crippen LogP contribution in [0.4, 0.5) is 0 Å². The summed E-state index contributed by atoms with van der Waals surface area (Å²) >= 11 is 0. The number of carbonyl (C=O) groups is 3. The number of benzene rings is 1. The van der Waals surface area contributed by atoms with E-state index in [0.717, 1.165) is 43.5 Å². The number of nitrogens with one attached hydrogen (secondary N) is 3. The molecule has 7 nitrogen and oxygen atoms in total. The summed E-state index contributed by atoms with van der Waals surface area (Å²) in [6, 6.07) is 5.33. The van der Waals surface area contributed by atoms with Crippen molar-refractivity contribution in [3.8, 4) is 0 Å². The molecule has 3 aliphatic heterocycles. The molecular formula is C22H28N4O3. The maximum atomic E-state index is 13.2. The molecule has 3 heterocycles. The highest BCUT2D eigenvalue weighted by Gasteiger charge is 2.40. The third-order valence-corrected chi connectivity index (χ3v) is 6.39. The van der Waals surface area contributed by atoms with Crippen molar-refractivity contribution in [3.63, 3.8) is 0 Å². The Labute approximate surface area is 170 Å². The second-order valence-electron chi connectivity index (χ2n) is 8.23. The van der Waals surface area contributed by atoms with Gasteiger partial charge in [0.2, 0.25) is 11.8 Å². The first-order chi connectivity index (χ1) is 14.0. The van der Waals surface area contributed by atoms with Gasteiger partial charge in [0.1, 0.15) is 6.04 Å². The van der Waals surface area contributed by atoms with E-state index in [1.54, 1.807) is 4.90 Å². The second-order valence-corrected chi connectivity index (χ2v) is 8.23. The minimum atomic E-state index is -0.579. The van der Waals surface area contributed by atoms with Crippen LogP contribution in [0, 0.1) is 0 Å². The van der Waals surface area contributed by atoms with Gasteiger partial charge in [-0.1, -0.05) is 24.3 Å². The van der Waals surface area contributed by atoms with Crippen molar-refractivity contribution in [1.29, 1.82) is 0 Å². The van der Waals surface area contributed by atoms with E-state index < -0.39 is 6.04 Å². The Morgan fingerprint density at radius 1 is 1.24 bits per heavy atom. The smallest absolute Gasteiger partial charge is 0.255 e. The number of imide groups is 1. The van der Waals surface area contributed by atoms with Gasteiger partial charge >= 0.3 is 0 Å². The van der Waals surface area contributed by atoms with Crippen molar-refractivity contribution in [1.82, 2.24) is 20.9 Å². The Hall–Kier alpha value is -2.51. The second kappa shape index (κ2) is 8.08. The lowest BCUT2D eigenvalue weighted by Crippen LogP contribution is -2.52. The van der Waals surface area contributed by atoms with Crippen LogP contribution < -0.4 is 16.0 Å². The Balaban J connectivity index is 1.52. The quantitative estimate of drug-likeness (QED) is 0.497. The number of rotatable bonds is 6. The predicted molar refractivity (Wildman–Crippen MR) is 109 cm³/mol. The highest BCUT2D eigenvalue weighted by molar-refractivity contribution is 6.05. The van der Waals surface area contributed by atoms with Crippen molar-refractivity contribution in [2.24, 2.45) is 0 Å². The van der Waals surface area contributed by atoms with E-state index in [0.29, 0.717) is 25.1 Å². The summed E-state index contributed by atoms with van der Waals surface area (Å²) in [5, 5.41) is 9.46. The minimum absolute atomic E-state index is 0.000676. The molecule has 2 fully saturated rings. The van der Waals surface area contributed by atoms with Crippen LogP contribution in [-0.2, 0) is 22.7 Å². The van der Waals surface area contributed by atoms with Crippen molar-refractivity contribution in [3.05, 3.63) is 47.5 Å². The lowest BCUT2D eigenvalue weighted by atomic mass is 9.84. The molecule has 1 unspecified atom stereocenters. The molecule has 0 spiro atoms. The Bertz CT molecular complexity index is 844. The van der Waals surface area contributed by atoms with Gasteiger partial charge < -0.3 is 15.5 Å². The first-order valence-electron chi connectivity index (χ1n) is 10.3. The summed E-state index contributed by atoms with van der Waals surface area (Å²) in [6.07, 6.45) is 5.54. The zero-order chi connectivity index (χ0) is 20.4. The molecule has 0 radical (unpaired) electrons. The summed E-state index contributed by atoms with van der Waals surface area (Å²) < 4.78 is 0. The number of hydrogen-bond acceptors (Lipinski definition) is 5. The molecular weight excluding hydrogens is 368 g/mol. The van der Waals surface area contributed by atoms with Crippen molar-refractivity contribution in [2.45, 2.75) is 56.8 Å². The van der Waals surface area contributed by atoms with Gasteiger partial charge in [0.05, 0.1) is 0 Å². The molecule has 4 rings (SSSR count). The first kappa shape index (κ1) is 19.8. The summed E-state index contributed by atoms with van der Waals surface area (Å²) in [6.45, 7) is 6.87. The molecule has 0 aliphatic carbocycles. The highest BCUT2D eigenvalue weighted by atomic mass is 16.2. The van der Waals surface area contributed by atoms with Crippen LogP contribution >= 0.6 is 0 Å². The molecule has 1 aromatic carbocycles. The van der Waals surface area contributed by atoms with Crippen LogP contribution in [0.5, 0.6) is 0 Å². The average molecular weight is 396 g/mol. The molecule has 1 aromatic rings. The van der Waals surface area contributed by atoms with Gasteiger partial charge in [0.25, 0.3) is 5.91 Å². The van der Waals surface area contributed by atoms with Crippen LogP contribution in [0.2, 0.25) is 0 Å². The monoisotopic (exact) mass is 396 g/mol. The lowest BCUT2D eigenvalue weighted by molar-refractivity contribution is -0.136. The molecule has 1 atom stereocenters. The Kier molecular flexibility index (Phi) is 5.52. The summed E-state index contributed by atoms with van der Waals surface area (Å²) in [7, 11) is 0. The van der Waals surface area contributed by atoms with Crippen LogP contribution in [-0.4, -0.2) is 47.3 Å². The Morgan fingerprint density at radius 3 is 2.76 bits per heavy atom. The van der Waals surface area contributed by atoms with E-state index in [-0.39, 0.29) is 29.7 Å². The Morgan fingerprint density at radius 2 is 2.03 bits per heavy atom. The number of fused-ring (bicyclic) bond motifs is 1. The topological polar surface area (TPSA) is 90.5 Å². The predicted octanol–water partition coefficient (Wildman–Crippen LogP) is 1.24. The lowest BCUT2D eigenvalue weighted by Gasteiger charge is -2.38. The number of nitrogens with zero attached hydrogens (tertiary/aromatic N) is 1. The largest absolute Gasteiger partial charge is 0.322 e. The maximum absolute atomic E-state index is 13.2. The fourth-order valence-electron chi connectivity index (χ4n) is 4.75. The minimum Gasteiger partial charge on any atom is -0.322 e. The number of carbonyl (C=O) groups excluding carboxylic acids is 3. The van der Waals surface area contributed by atoms with Crippen molar-refractivity contribution < 1.29 is 14.4 Å². The molecule has 3 amide bonds. The van der Waals surface area contributed by atoms with E-state index in [1.807, 2.05) is 24.3 Å². The molecule has 3 aliphatic rings. The van der Waals surface area contributed by atoms with Gasteiger partial charge in [0, 0.05) is 30.6 Å². The van der Waals surface area contributed by atoms with Gasteiger partial charge in [-0.2, -0.15) is 0 Å². The van der Waals surface area contributed by atoms with E-state index >= 15 is 0 Å². The standard InChI is InChI=1S/C22H28N4O3/c1-2-8-22(9-11-23-12-10-22)24-13-15-4-3-5-16-14-26(21(29)19(15)16)17-6-7-18(27)25-20(17)28/h2-5,17,23-24H,1,6-14H2,(H,25,27,28). The highest BCUT2D eigenvalue weighted by Crippen LogP contribution is 2.31. The normalized spacial score (nSPS) is 23.7. The third-order valence-electron chi connectivity index (χ3n) is 6.39. The molecule has 0 bridgehead atoms. The van der Waals surface area contributed by atoms with Crippen LogP contribution in [0.1, 0.15) is 53.6 Å². The van der Waals surface area contributed by atoms with Gasteiger partial charge in [0.15, 0.2) is 0 Å². The molecule has 154 valence electrons. The molecule has 0 saturated carbocycles. The summed E-state index contributed by atoms with van der Waals surface area (Å²) in [5.74, 6) is -0.758. The van der Waals surface area contributed by atoms with Crippen molar-refractivity contribution in [2.75, 3.05) is 13.1 Å². The number of amides is 3. The molecule has 2 saturated heterocycles.